The minimum Gasteiger partial charge on any atom is -0.237 e. The minimum atomic E-state index is -0.450. The maximum absolute atomic E-state index is 13.4. The molecular formula is C12H11Cl2FN2. The lowest BCUT2D eigenvalue weighted by Gasteiger charge is -2.07. The van der Waals surface area contributed by atoms with Gasteiger partial charge in [-0.25, -0.2) is 9.07 Å². The molecule has 0 saturated carbocycles. The van der Waals surface area contributed by atoms with Gasteiger partial charge in [0.2, 0.25) is 0 Å². The summed E-state index contributed by atoms with van der Waals surface area (Å²) in [6, 6.07) is 4.62. The SMILES string of the molecule is CCc1c(CCl)cnn1-c1ccc(Cl)c(F)c1. The van der Waals surface area contributed by atoms with E-state index < -0.39 is 5.82 Å². The van der Waals surface area contributed by atoms with Gasteiger partial charge in [0.1, 0.15) is 5.82 Å². The largest absolute Gasteiger partial charge is 0.237 e. The van der Waals surface area contributed by atoms with E-state index in [2.05, 4.69) is 5.10 Å². The zero-order valence-corrected chi connectivity index (χ0v) is 10.8. The van der Waals surface area contributed by atoms with Crippen molar-refractivity contribution in [2.45, 2.75) is 19.2 Å². The monoisotopic (exact) mass is 272 g/mol. The Bertz CT molecular complexity index is 537. The summed E-state index contributed by atoms with van der Waals surface area (Å²) in [4.78, 5) is 0. The molecule has 0 amide bonds. The third-order valence-corrected chi connectivity index (χ3v) is 3.18. The molecule has 90 valence electrons. The number of nitrogens with zero attached hydrogens (tertiary/aromatic N) is 2. The molecule has 1 aromatic heterocycles. The van der Waals surface area contributed by atoms with E-state index in [-0.39, 0.29) is 5.02 Å². The van der Waals surface area contributed by atoms with Crippen LogP contribution in [0.4, 0.5) is 4.39 Å². The molecule has 0 radical (unpaired) electrons. The van der Waals surface area contributed by atoms with Crippen LogP contribution in [0.5, 0.6) is 0 Å². The first kappa shape index (κ1) is 12.4. The van der Waals surface area contributed by atoms with Gasteiger partial charge in [0, 0.05) is 17.3 Å². The lowest BCUT2D eigenvalue weighted by molar-refractivity contribution is 0.625. The van der Waals surface area contributed by atoms with Crippen molar-refractivity contribution in [2.24, 2.45) is 0 Å². The molecule has 0 unspecified atom stereocenters. The second-order valence-corrected chi connectivity index (χ2v) is 4.29. The summed E-state index contributed by atoms with van der Waals surface area (Å²) >= 11 is 11.5. The average molecular weight is 273 g/mol. The van der Waals surface area contributed by atoms with Crippen molar-refractivity contribution in [2.75, 3.05) is 0 Å². The van der Waals surface area contributed by atoms with Gasteiger partial charge in [-0.1, -0.05) is 18.5 Å². The molecule has 2 rings (SSSR count). The number of hydrogen-bond donors (Lipinski definition) is 0. The van der Waals surface area contributed by atoms with Gasteiger partial charge in [-0.15, -0.1) is 11.6 Å². The summed E-state index contributed by atoms with van der Waals surface area (Å²) in [5, 5.41) is 4.33. The van der Waals surface area contributed by atoms with Crippen LogP contribution in [-0.2, 0) is 12.3 Å². The van der Waals surface area contributed by atoms with Gasteiger partial charge in [0.15, 0.2) is 0 Å². The van der Waals surface area contributed by atoms with Crippen molar-refractivity contribution in [1.29, 1.82) is 0 Å². The highest BCUT2D eigenvalue weighted by Crippen LogP contribution is 2.21. The predicted octanol–water partition coefficient (Wildman–Crippen LogP) is 3.97. The van der Waals surface area contributed by atoms with Crippen molar-refractivity contribution in [3.05, 3.63) is 46.5 Å². The highest BCUT2D eigenvalue weighted by molar-refractivity contribution is 6.30. The van der Waals surface area contributed by atoms with E-state index in [1.807, 2.05) is 6.92 Å². The first-order valence-electron chi connectivity index (χ1n) is 5.24. The van der Waals surface area contributed by atoms with Gasteiger partial charge in [-0.05, 0) is 18.6 Å². The molecule has 0 atom stereocenters. The number of benzene rings is 1. The van der Waals surface area contributed by atoms with Gasteiger partial charge < -0.3 is 0 Å². The van der Waals surface area contributed by atoms with Crippen LogP contribution < -0.4 is 0 Å². The summed E-state index contributed by atoms with van der Waals surface area (Å²) in [5.41, 5.74) is 2.60. The van der Waals surface area contributed by atoms with E-state index in [1.54, 1.807) is 16.9 Å². The fraction of sp³-hybridized carbons (Fsp3) is 0.250. The topological polar surface area (TPSA) is 17.8 Å². The van der Waals surface area contributed by atoms with Crippen molar-refractivity contribution < 1.29 is 4.39 Å². The van der Waals surface area contributed by atoms with Crippen LogP contribution >= 0.6 is 23.2 Å². The normalized spacial score (nSPS) is 10.8. The van der Waals surface area contributed by atoms with Crippen molar-refractivity contribution in [3.63, 3.8) is 0 Å². The van der Waals surface area contributed by atoms with Crippen LogP contribution in [0.3, 0.4) is 0 Å². The minimum absolute atomic E-state index is 0.108. The lowest BCUT2D eigenvalue weighted by atomic mass is 10.2. The maximum Gasteiger partial charge on any atom is 0.143 e. The Kier molecular flexibility index (Phi) is 3.69. The van der Waals surface area contributed by atoms with Crippen molar-refractivity contribution in [3.8, 4) is 5.69 Å². The molecule has 2 nitrogen and oxygen atoms in total. The first-order valence-corrected chi connectivity index (χ1v) is 6.15. The Morgan fingerprint density at radius 1 is 1.41 bits per heavy atom. The van der Waals surface area contributed by atoms with E-state index >= 15 is 0 Å². The summed E-state index contributed by atoms with van der Waals surface area (Å²) in [7, 11) is 0. The molecular weight excluding hydrogens is 262 g/mol. The molecule has 2 aromatic rings. The smallest absolute Gasteiger partial charge is 0.143 e. The summed E-state index contributed by atoms with van der Waals surface area (Å²) in [6.45, 7) is 2.01. The summed E-state index contributed by atoms with van der Waals surface area (Å²) in [5.74, 6) is -0.0478. The third kappa shape index (κ3) is 2.31. The van der Waals surface area contributed by atoms with Crippen molar-refractivity contribution in [1.82, 2.24) is 9.78 Å². The molecule has 0 bridgehead atoms. The Morgan fingerprint density at radius 2 is 2.18 bits per heavy atom. The molecule has 0 aliphatic carbocycles. The molecule has 1 aromatic carbocycles. The zero-order chi connectivity index (χ0) is 12.4. The molecule has 0 fully saturated rings. The van der Waals surface area contributed by atoms with Gasteiger partial charge in [-0.3, -0.25) is 0 Å². The molecule has 1 heterocycles. The van der Waals surface area contributed by atoms with Gasteiger partial charge >= 0.3 is 0 Å². The summed E-state index contributed by atoms with van der Waals surface area (Å²) < 4.78 is 15.1. The predicted molar refractivity (Wildman–Crippen MR) is 67.5 cm³/mol. The van der Waals surface area contributed by atoms with Crippen LogP contribution in [0.15, 0.2) is 24.4 Å². The number of hydrogen-bond acceptors (Lipinski definition) is 1. The number of halogens is 3. The fourth-order valence-electron chi connectivity index (χ4n) is 1.74. The number of aromatic nitrogens is 2. The molecule has 0 aliphatic heterocycles. The van der Waals surface area contributed by atoms with Crippen LogP contribution in [0.25, 0.3) is 5.69 Å². The highest BCUT2D eigenvalue weighted by Gasteiger charge is 2.11. The third-order valence-electron chi connectivity index (χ3n) is 2.58. The van der Waals surface area contributed by atoms with E-state index in [0.717, 1.165) is 17.7 Å². The van der Waals surface area contributed by atoms with E-state index in [4.69, 9.17) is 23.2 Å². The zero-order valence-electron chi connectivity index (χ0n) is 9.25. The Labute approximate surface area is 109 Å². The van der Waals surface area contributed by atoms with E-state index in [0.29, 0.717) is 11.6 Å². The van der Waals surface area contributed by atoms with Crippen LogP contribution in [0.1, 0.15) is 18.2 Å². The fourth-order valence-corrected chi connectivity index (χ4v) is 2.08. The standard InChI is InChI=1S/C12H11Cl2FN2/c1-2-12-8(6-13)7-16-17(12)9-3-4-10(14)11(15)5-9/h3-5,7H,2,6H2,1H3. The lowest BCUT2D eigenvalue weighted by Crippen LogP contribution is -2.02. The Morgan fingerprint density at radius 3 is 2.76 bits per heavy atom. The maximum atomic E-state index is 13.4. The van der Waals surface area contributed by atoms with Crippen LogP contribution in [0.2, 0.25) is 5.02 Å². The molecule has 17 heavy (non-hydrogen) atoms. The van der Waals surface area contributed by atoms with E-state index in [1.165, 1.54) is 12.1 Å². The highest BCUT2D eigenvalue weighted by atomic mass is 35.5. The van der Waals surface area contributed by atoms with E-state index in [9.17, 15) is 4.39 Å². The molecule has 5 heteroatoms. The van der Waals surface area contributed by atoms with Gasteiger partial charge in [0.25, 0.3) is 0 Å². The second-order valence-electron chi connectivity index (χ2n) is 3.61. The quantitative estimate of drug-likeness (QED) is 0.774. The molecule has 0 spiro atoms. The van der Waals surface area contributed by atoms with Gasteiger partial charge in [0.05, 0.1) is 22.8 Å². The molecule has 0 aliphatic rings. The van der Waals surface area contributed by atoms with Crippen LogP contribution in [0, 0.1) is 5.82 Å². The first-order chi connectivity index (χ1) is 8.17. The van der Waals surface area contributed by atoms with Gasteiger partial charge in [-0.2, -0.15) is 5.10 Å². The molecule has 0 N–H and O–H groups in total. The second kappa shape index (κ2) is 5.07. The number of alkyl halides is 1. The Hall–Kier alpha value is -1.06. The number of rotatable bonds is 3. The van der Waals surface area contributed by atoms with Crippen LogP contribution in [-0.4, -0.2) is 9.78 Å². The Balaban J connectivity index is 2.52. The van der Waals surface area contributed by atoms with Crippen molar-refractivity contribution >= 4 is 23.2 Å². The average Bonchev–Trinajstić information content (AvgIpc) is 2.75. The molecule has 0 saturated heterocycles. The summed E-state index contributed by atoms with van der Waals surface area (Å²) in [6.07, 6.45) is 2.49.